The van der Waals surface area contributed by atoms with E-state index in [9.17, 15) is 0 Å². The highest BCUT2D eigenvalue weighted by Crippen LogP contribution is 2.17. The third kappa shape index (κ3) is 5.01. The molecule has 1 N–H and O–H groups in total. The highest BCUT2D eigenvalue weighted by Gasteiger charge is 2.19. The molecule has 0 aromatic carbocycles. The summed E-state index contributed by atoms with van der Waals surface area (Å²) in [5, 5.41) is 3.78. The summed E-state index contributed by atoms with van der Waals surface area (Å²) in [6.07, 6.45) is 5.17. The lowest BCUT2D eigenvalue weighted by atomic mass is 9.91. The summed E-state index contributed by atoms with van der Waals surface area (Å²) in [6, 6.07) is 1.33. The highest BCUT2D eigenvalue weighted by atomic mass is 14.9. The topological polar surface area (TPSA) is 12.0 Å². The molecule has 0 amide bonds. The zero-order valence-electron chi connectivity index (χ0n) is 11.6. The maximum atomic E-state index is 3.78. The Morgan fingerprint density at radius 3 is 1.13 bits per heavy atom. The Kier molecular flexibility index (Phi) is 8.13. The Morgan fingerprint density at radius 1 is 0.667 bits per heavy atom. The fourth-order valence-electron chi connectivity index (χ4n) is 2.68. The Balaban J connectivity index is 4.08. The van der Waals surface area contributed by atoms with E-state index in [0.717, 1.165) is 11.8 Å². The van der Waals surface area contributed by atoms with E-state index in [1.807, 2.05) is 0 Å². The second-order valence-corrected chi connectivity index (χ2v) is 4.90. The van der Waals surface area contributed by atoms with Crippen LogP contribution in [0, 0.1) is 11.8 Å². The summed E-state index contributed by atoms with van der Waals surface area (Å²) in [7, 11) is 0. The van der Waals surface area contributed by atoms with Gasteiger partial charge < -0.3 is 5.32 Å². The molecule has 2 unspecified atom stereocenters. The van der Waals surface area contributed by atoms with E-state index in [-0.39, 0.29) is 0 Å². The van der Waals surface area contributed by atoms with Crippen molar-refractivity contribution in [3.8, 4) is 0 Å². The number of hydrogen-bond donors (Lipinski definition) is 1. The van der Waals surface area contributed by atoms with Crippen molar-refractivity contribution in [3.63, 3.8) is 0 Å². The van der Waals surface area contributed by atoms with Crippen molar-refractivity contribution in [3.05, 3.63) is 0 Å². The van der Waals surface area contributed by atoms with Gasteiger partial charge in [-0.2, -0.15) is 0 Å². The molecule has 15 heavy (non-hydrogen) atoms. The third-order valence-corrected chi connectivity index (χ3v) is 4.04. The van der Waals surface area contributed by atoms with Gasteiger partial charge in [0.15, 0.2) is 0 Å². The van der Waals surface area contributed by atoms with Gasteiger partial charge >= 0.3 is 0 Å². The van der Waals surface area contributed by atoms with Crippen molar-refractivity contribution in [1.82, 2.24) is 5.32 Å². The predicted octanol–water partition coefficient (Wildman–Crippen LogP) is 4.23. The zero-order chi connectivity index (χ0) is 11.8. The standard InChI is InChI=1S/C14H31N/c1-7-13(8-2)11(5)15-12(6)14(9-3)10-4/h11-15H,7-10H2,1-6H3. The van der Waals surface area contributed by atoms with E-state index in [1.54, 1.807) is 0 Å². The van der Waals surface area contributed by atoms with Crippen molar-refractivity contribution in [2.24, 2.45) is 11.8 Å². The summed E-state index contributed by atoms with van der Waals surface area (Å²) in [5.41, 5.74) is 0. The molecule has 0 bridgehead atoms. The van der Waals surface area contributed by atoms with Gasteiger partial charge in [-0.15, -0.1) is 0 Å². The summed E-state index contributed by atoms with van der Waals surface area (Å²) < 4.78 is 0. The predicted molar refractivity (Wildman–Crippen MR) is 70.2 cm³/mol. The molecule has 0 spiro atoms. The molecule has 0 aromatic rings. The second kappa shape index (κ2) is 8.15. The molecule has 0 heterocycles. The van der Waals surface area contributed by atoms with Crippen LogP contribution in [0.2, 0.25) is 0 Å². The molecule has 0 aliphatic heterocycles. The first-order chi connectivity index (χ1) is 7.10. The van der Waals surface area contributed by atoms with E-state index in [1.165, 1.54) is 25.7 Å². The van der Waals surface area contributed by atoms with Crippen molar-refractivity contribution in [2.45, 2.75) is 79.3 Å². The van der Waals surface area contributed by atoms with Gasteiger partial charge in [-0.1, -0.05) is 53.4 Å². The van der Waals surface area contributed by atoms with E-state index >= 15 is 0 Å². The molecule has 92 valence electrons. The zero-order valence-corrected chi connectivity index (χ0v) is 11.6. The van der Waals surface area contributed by atoms with Crippen LogP contribution in [0.4, 0.5) is 0 Å². The molecule has 0 fully saturated rings. The fraction of sp³-hybridized carbons (Fsp3) is 1.00. The largest absolute Gasteiger partial charge is 0.311 e. The Hall–Kier alpha value is -0.0400. The monoisotopic (exact) mass is 213 g/mol. The number of hydrogen-bond acceptors (Lipinski definition) is 1. The minimum atomic E-state index is 0.663. The molecule has 0 aromatic heterocycles. The van der Waals surface area contributed by atoms with Gasteiger partial charge in [0, 0.05) is 12.1 Å². The molecular formula is C14H31N. The van der Waals surface area contributed by atoms with Crippen LogP contribution < -0.4 is 5.32 Å². The van der Waals surface area contributed by atoms with Gasteiger partial charge in [0.25, 0.3) is 0 Å². The van der Waals surface area contributed by atoms with Gasteiger partial charge in [0.05, 0.1) is 0 Å². The Bertz CT molecular complexity index is 120. The summed E-state index contributed by atoms with van der Waals surface area (Å²) in [5.74, 6) is 1.67. The molecule has 1 nitrogen and oxygen atoms in total. The molecule has 0 rings (SSSR count). The van der Waals surface area contributed by atoms with Crippen molar-refractivity contribution >= 4 is 0 Å². The molecule has 0 saturated carbocycles. The SMILES string of the molecule is CCC(CC)C(C)NC(C)C(CC)CC. The van der Waals surface area contributed by atoms with E-state index < -0.39 is 0 Å². The molecule has 1 heteroatoms. The Morgan fingerprint density at radius 2 is 0.933 bits per heavy atom. The lowest BCUT2D eigenvalue weighted by Crippen LogP contribution is -2.42. The van der Waals surface area contributed by atoms with Gasteiger partial charge in [-0.3, -0.25) is 0 Å². The van der Waals surface area contributed by atoms with Crippen LogP contribution >= 0.6 is 0 Å². The minimum Gasteiger partial charge on any atom is -0.311 e. The van der Waals surface area contributed by atoms with Crippen molar-refractivity contribution in [2.75, 3.05) is 0 Å². The first-order valence-electron chi connectivity index (χ1n) is 6.86. The van der Waals surface area contributed by atoms with Crippen LogP contribution in [0.25, 0.3) is 0 Å². The van der Waals surface area contributed by atoms with Gasteiger partial charge in [0.2, 0.25) is 0 Å². The summed E-state index contributed by atoms with van der Waals surface area (Å²) >= 11 is 0. The molecule has 2 atom stereocenters. The van der Waals surface area contributed by atoms with Crippen LogP contribution in [0.1, 0.15) is 67.2 Å². The van der Waals surface area contributed by atoms with E-state index in [0.29, 0.717) is 12.1 Å². The quantitative estimate of drug-likeness (QED) is 0.636. The van der Waals surface area contributed by atoms with Crippen LogP contribution in [0.15, 0.2) is 0 Å². The first kappa shape index (κ1) is 15.0. The molecule has 0 aliphatic rings. The Labute approximate surface area is 97.0 Å². The summed E-state index contributed by atoms with van der Waals surface area (Å²) in [4.78, 5) is 0. The van der Waals surface area contributed by atoms with Crippen molar-refractivity contribution in [1.29, 1.82) is 0 Å². The lowest BCUT2D eigenvalue weighted by molar-refractivity contribution is 0.272. The average Bonchev–Trinajstić information content (AvgIpc) is 2.21. The van der Waals surface area contributed by atoms with Gasteiger partial charge in [-0.25, -0.2) is 0 Å². The number of rotatable bonds is 8. The summed E-state index contributed by atoms with van der Waals surface area (Å²) in [6.45, 7) is 13.9. The van der Waals surface area contributed by atoms with Crippen molar-refractivity contribution < 1.29 is 0 Å². The molecule has 0 radical (unpaired) electrons. The second-order valence-electron chi connectivity index (χ2n) is 4.90. The maximum absolute atomic E-state index is 3.78. The van der Waals surface area contributed by atoms with E-state index in [4.69, 9.17) is 0 Å². The van der Waals surface area contributed by atoms with Gasteiger partial charge in [-0.05, 0) is 25.7 Å². The lowest BCUT2D eigenvalue weighted by Gasteiger charge is -2.30. The van der Waals surface area contributed by atoms with Crippen LogP contribution in [0.3, 0.4) is 0 Å². The average molecular weight is 213 g/mol. The molecular weight excluding hydrogens is 182 g/mol. The van der Waals surface area contributed by atoms with Gasteiger partial charge in [0.1, 0.15) is 0 Å². The van der Waals surface area contributed by atoms with Crippen LogP contribution in [-0.4, -0.2) is 12.1 Å². The fourth-order valence-corrected chi connectivity index (χ4v) is 2.68. The normalized spacial score (nSPS) is 16.0. The number of nitrogens with one attached hydrogen (secondary N) is 1. The highest BCUT2D eigenvalue weighted by molar-refractivity contribution is 4.77. The minimum absolute atomic E-state index is 0.663. The molecule has 0 aliphatic carbocycles. The van der Waals surface area contributed by atoms with Crippen LogP contribution in [0.5, 0.6) is 0 Å². The van der Waals surface area contributed by atoms with E-state index in [2.05, 4.69) is 46.9 Å². The molecule has 0 saturated heterocycles. The third-order valence-electron chi connectivity index (χ3n) is 4.04. The maximum Gasteiger partial charge on any atom is 0.00693 e. The smallest absolute Gasteiger partial charge is 0.00693 e. The van der Waals surface area contributed by atoms with Crippen LogP contribution in [-0.2, 0) is 0 Å². The first-order valence-corrected chi connectivity index (χ1v) is 6.86.